The molecule has 4 rings (SSSR count). The second-order valence-electron chi connectivity index (χ2n) is 11.3. The first kappa shape index (κ1) is 21.8. The molecule has 0 spiro atoms. The fourth-order valence-corrected chi connectivity index (χ4v) is 8.55. The molecule has 0 aromatic heterocycles. The highest BCUT2D eigenvalue weighted by atomic mass is 16.3. The Bertz CT molecular complexity index is 608. The Labute approximate surface area is 178 Å². The number of hydrogen-bond acceptors (Lipinski definition) is 4. The van der Waals surface area contributed by atoms with Crippen molar-refractivity contribution in [3.05, 3.63) is 0 Å². The zero-order chi connectivity index (χ0) is 20.6. The summed E-state index contributed by atoms with van der Waals surface area (Å²) >= 11 is 0. The summed E-state index contributed by atoms with van der Waals surface area (Å²) in [5.41, 5.74) is 2.29. The molecular formula is C25H44N2O2. The van der Waals surface area contributed by atoms with Crippen molar-refractivity contribution in [3.8, 4) is 0 Å². The highest BCUT2D eigenvalue weighted by Gasteiger charge is 2.60. The first-order valence-electron chi connectivity index (χ1n) is 12.4. The highest BCUT2D eigenvalue weighted by molar-refractivity contribution is 5.85. The molecule has 0 aliphatic heterocycles. The average Bonchev–Trinajstić information content (AvgIpc) is 3.05. The zero-order valence-corrected chi connectivity index (χ0v) is 19.0. The van der Waals surface area contributed by atoms with Crippen LogP contribution >= 0.6 is 0 Å². The fourth-order valence-electron chi connectivity index (χ4n) is 8.55. The van der Waals surface area contributed by atoms with Crippen molar-refractivity contribution < 1.29 is 10.2 Å². The van der Waals surface area contributed by atoms with Gasteiger partial charge in [-0.1, -0.05) is 13.8 Å². The van der Waals surface area contributed by atoms with Gasteiger partial charge in [-0.05, 0) is 99.2 Å². The minimum absolute atomic E-state index is 0.0416. The molecule has 8 unspecified atom stereocenters. The molecule has 0 bridgehead atoms. The topological polar surface area (TPSA) is 64.9 Å². The van der Waals surface area contributed by atoms with Crippen LogP contribution in [0, 0.1) is 40.4 Å². The number of aliphatic imine (C=N–C) groups is 1. The maximum atomic E-state index is 10.2. The van der Waals surface area contributed by atoms with Crippen LogP contribution < -0.4 is 5.32 Å². The monoisotopic (exact) mass is 404 g/mol. The summed E-state index contributed by atoms with van der Waals surface area (Å²) in [6.45, 7) is 10.0. The van der Waals surface area contributed by atoms with E-state index in [1.165, 1.54) is 50.7 Å². The van der Waals surface area contributed by atoms with Crippen molar-refractivity contribution in [2.24, 2.45) is 45.4 Å². The van der Waals surface area contributed by atoms with Crippen LogP contribution in [0.25, 0.3) is 0 Å². The summed E-state index contributed by atoms with van der Waals surface area (Å²) in [7, 11) is 0. The lowest BCUT2D eigenvalue weighted by molar-refractivity contribution is -0.123. The van der Waals surface area contributed by atoms with E-state index in [1.807, 2.05) is 0 Å². The second-order valence-corrected chi connectivity index (χ2v) is 11.3. The third-order valence-electron chi connectivity index (χ3n) is 10.1. The minimum atomic E-state index is -0.0416. The fraction of sp³-hybridized carbons (Fsp3) is 0.960. The van der Waals surface area contributed by atoms with E-state index in [0.717, 1.165) is 49.6 Å². The normalized spacial score (nSPS) is 47.4. The van der Waals surface area contributed by atoms with Crippen LogP contribution in [0.15, 0.2) is 4.99 Å². The van der Waals surface area contributed by atoms with Crippen molar-refractivity contribution in [1.82, 2.24) is 5.32 Å². The molecule has 3 N–H and O–H groups in total. The van der Waals surface area contributed by atoms with Crippen molar-refractivity contribution in [3.63, 3.8) is 0 Å². The number of aliphatic hydroxyl groups excluding tert-OH is 2. The van der Waals surface area contributed by atoms with Crippen LogP contribution in [0.3, 0.4) is 0 Å². The maximum Gasteiger partial charge on any atom is 0.0555 e. The van der Waals surface area contributed by atoms with E-state index >= 15 is 0 Å². The van der Waals surface area contributed by atoms with Gasteiger partial charge in [0.2, 0.25) is 0 Å². The van der Waals surface area contributed by atoms with Gasteiger partial charge in [0.15, 0.2) is 0 Å². The van der Waals surface area contributed by atoms with Gasteiger partial charge in [0.05, 0.1) is 19.3 Å². The standard InChI is InChI=1S/C25H44N2O2/c1-17(27-13-12-26-14-15-28)21-6-7-22-20-5-4-18-16-19(29)8-10-24(18,2)23(20)9-11-25(21,22)3/h18-23,26,28-29H,4-16H2,1-3H3. The molecule has 0 heterocycles. The molecular weight excluding hydrogens is 360 g/mol. The lowest BCUT2D eigenvalue weighted by Gasteiger charge is -2.61. The molecule has 4 nitrogen and oxygen atoms in total. The number of aliphatic hydroxyl groups is 2. The van der Waals surface area contributed by atoms with Gasteiger partial charge in [0.25, 0.3) is 0 Å². The molecule has 4 saturated carbocycles. The first-order valence-corrected chi connectivity index (χ1v) is 12.4. The summed E-state index contributed by atoms with van der Waals surface area (Å²) in [5, 5.41) is 22.4. The van der Waals surface area contributed by atoms with Crippen molar-refractivity contribution >= 4 is 5.71 Å². The van der Waals surface area contributed by atoms with E-state index in [2.05, 4.69) is 26.1 Å². The Morgan fingerprint density at radius 1 is 0.966 bits per heavy atom. The van der Waals surface area contributed by atoms with Crippen LogP contribution in [-0.2, 0) is 0 Å². The van der Waals surface area contributed by atoms with Crippen LogP contribution in [-0.4, -0.2) is 48.3 Å². The molecule has 4 aliphatic carbocycles. The van der Waals surface area contributed by atoms with Crippen LogP contribution in [0.1, 0.15) is 78.6 Å². The molecule has 0 amide bonds. The molecule has 8 atom stereocenters. The van der Waals surface area contributed by atoms with E-state index < -0.39 is 0 Å². The molecule has 29 heavy (non-hydrogen) atoms. The Morgan fingerprint density at radius 2 is 1.72 bits per heavy atom. The third kappa shape index (κ3) is 3.83. The molecule has 4 aliphatic rings. The van der Waals surface area contributed by atoms with E-state index in [0.29, 0.717) is 23.3 Å². The van der Waals surface area contributed by atoms with Crippen molar-refractivity contribution in [1.29, 1.82) is 0 Å². The molecule has 4 fully saturated rings. The summed E-state index contributed by atoms with van der Waals surface area (Å²) in [4.78, 5) is 4.95. The van der Waals surface area contributed by atoms with Crippen LogP contribution in [0.5, 0.6) is 0 Å². The molecule has 0 aromatic rings. The highest BCUT2D eigenvalue weighted by Crippen LogP contribution is 2.67. The van der Waals surface area contributed by atoms with E-state index in [9.17, 15) is 5.11 Å². The van der Waals surface area contributed by atoms with Gasteiger partial charge in [0.1, 0.15) is 0 Å². The predicted molar refractivity (Wildman–Crippen MR) is 119 cm³/mol. The van der Waals surface area contributed by atoms with E-state index in [4.69, 9.17) is 10.1 Å². The maximum absolute atomic E-state index is 10.2. The third-order valence-corrected chi connectivity index (χ3v) is 10.1. The van der Waals surface area contributed by atoms with E-state index in [-0.39, 0.29) is 12.7 Å². The van der Waals surface area contributed by atoms with Gasteiger partial charge in [0, 0.05) is 24.7 Å². The number of hydrogen-bond donors (Lipinski definition) is 3. The Hall–Kier alpha value is -0.450. The van der Waals surface area contributed by atoms with Crippen molar-refractivity contribution in [2.45, 2.75) is 84.7 Å². The summed E-state index contributed by atoms with van der Waals surface area (Å²) in [5.74, 6) is 4.06. The van der Waals surface area contributed by atoms with Crippen molar-refractivity contribution in [2.75, 3.05) is 26.2 Å². The largest absolute Gasteiger partial charge is 0.395 e. The smallest absolute Gasteiger partial charge is 0.0555 e. The molecule has 0 saturated heterocycles. The SMILES string of the molecule is CC(=NCCNCCO)C1CCC2C3CCC4CC(O)CCC4(C)C3CCC12C. The summed E-state index contributed by atoms with van der Waals surface area (Å²) in [6.07, 6.45) is 11.5. The Balaban J connectivity index is 1.45. The second kappa shape index (κ2) is 8.59. The van der Waals surface area contributed by atoms with Crippen LogP contribution in [0.4, 0.5) is 0 Å². The lowest BCUT2D eigenvalue weighted by Crippen LogP contribution is -2.54. The first-order chi connectivity index (χ1) is 13.9. The molecule has 0 radical (unpaired) electrons. The Morgan fingerprint density at radius 3 is 2.52 bits per heavy atom. The van der Waals surface area contributed by atoms with Crippen LogP contribution in [0.2, 0.25) is 0 Å². The number of fused-ring (bicyclic) bond motifs is 5. The van der Waals surface area contributed by atoms with E-state index in [1.54, 1.807) is 0 Å². The number of nitrogens with one attached hydrogen (secondary N) is 1. The molecule has 0 aromatic carbocycles. The predicted octanol–water partition coefficient (Wildman–Crippen LogP) is 4.05. The number of rotatable bonds is 6. The van der Waals surface area contributed by atoms with Gasteiger partial charge < -0.3 is 15.5 Å². The number of nitrogens with zero attached hydrogens (tertiary/aromatic N) is 1. The average molecular weight is 405 g/mol. The van der Waals surface area contributed by atoms with Gasteiger partial charge in [-0.25, -0.2) is 0 Å². The van der Waals surface area contributed by atoms with Gasteiger partial charge in [-0.2, -0.15) is 0 Å². The summed E-state index contributed by atoms with van der Waals surface area (Å²) < 4.78 is 0. The van der Waals surface area contributed by atoms with Gasteiger partial charge in [-0.15, -0.1) is 0 Å². The summed E-state index contributed by atoms with van der Waals surface area (Å²) in [6, 6.07) is 0. The Kier molecular flexibility index (Phi) is 6.45. The van der Waals surface area contributed by atoms with Gasteiger partial charge in [-0.3, -0.25) is 4.99 Å². The van der Waals surface area contributed by atoms with Gasteiger partial charge >= 0.3 is 0 Å². The molecule has 4 heteroatoms. The quantitative estimate of drug-likeness (QED) is 0.462. The lowest BCUT2D eigenvalue weighted by atomic mass is 9.44. The molecule has 166 valence electrons. The zero-order valence-electron chi connectivity index (χ0n) is 19.0. The minimum Gasteiger partial charge on any atom is -0.395 e.